The summed E-state index contributed by atoms with van der Waals surface area (Å²) in [5.74, 6) is -4.10. The van der Waals surface area contributed by atoms with Gasteiger partial charge in [0.25, 0.3) is 0 Å². The third kappa shape index (κ3) is 12.4. The predicted octanol–water partition coefficient (Wildman–Crippen LogP) is 3.58. The topological polar surface area (TPSA) is 230 Å². The zero-order chi connectivity index (χ0) is 32.5. The summed E-state index contributed by atoms with van der Waals surface area (Å²) in [5.41, 5.74) is 1.82. The number of carboxylic acids is 3. The highest BCUT2D eigenvalue weighted by atomic mass is 16.4. The number of rotatable bonds is 17. The van der Waals surface area contributed by atoms with E-state index in [-0.39, 0.29) is 30.6 Å². The lowest BCUT2D eigenvalue weighted by Gasteiger charge is -2.35. The fraction of sp³-hybridized carbons (Fsp3) is 0.516. The predicted molar refractivity (Wildman–Crippen MR) is 164 cm³/mol. The van der Waals surface area contributed by atoms with Crippen molar-refractivity contribution >= 4 is 41.8 Å². The van der Waals surface area contributed by atoms with Gasteiger partial charge < -0.3 is 42.1 Å². The van der Waals surface area contributed by atoms with Crippen molar-refractivity contribution in [3.8, 4) is 0 Å². The minimum atomic E-state index is -1.51. The van der Waals surface area contributed by atoms with Gasteiger partial charge in [-0.3, -0.25) is 9.59 Å². The second kappa shape index (κ2) is 18.2. The number of hydrogen-bond donors (Lipinski definition) is 8. The molecule has 3 amide bonds. The SMILES string of the molecule is N=C/C=C\C=C1/C[C@H]2C/C=C\C=C/C(=N)C[C@]2(CCCCNC(=O)CC[C@H](NC(=O)N[C@@H](CCC(=O)O)C(=O)O)C(=O)O)C1. The number of amides is 3. The first-order valence-corrected chi connectivity index (χ1v) is 14.7. The van der Waals surface area contributed by atoms with Gasteiger partial charge in [-0.25, -0.2) is 14.4 Å². The molecule has 240 valence electrons. The quantitative estimate of drug-likeness (QED) is 0.0890. The van der Waals surface area contributed by atoms with Crippen molar-refractivity contribution in [3.63, 3.8) is 0 Å². The van der Waals surface area contributed by atoms with Crippen molar-refractivity contribution in [1.29, 1.82) is 10.8 Å². The maximum Gasteiger partial charge on any atom is 0.326 e. The summed E-state index contributed by atoms with van der Waals surface area (Å²) in [4.78, 5) is 58.1. The van der Waals surface area contributed by atoms with Crippen molar-refractivity contribution in [1.82, 2.24) is 16.0 Å². The number of fused-ring (bicyclic) bond motifs is 1. The van der Waals surface area contributed by atoms with E-state index in [0.717, 1.165) is 32.1 Å². The summed E-state index contributed by atoms with van der Waals surface area (Å²) in [6.07, 6.45) is 19.3. The van der Waals surface area contributed by atoms with Crippen LogP contribution >= 0.6 is 0 Å². The molecule has 0 radical (unpaired) electrons. The van der Waals surface area contributed by atoms with Gasteiger partial charge in [0.15, 0.2) is 0 Å². The highest BCUT2D eigenvalue weighted by Crippen LogP contribution is 2.54. The summed E-state index contributed by atoms with van der Waals surface area (Å²) in [6, 6.07) is -4.06. The molecule has 0 aliphatic heterocycles. The minimum Gasteiger partial charge on any atom is -0.481 e. The maximum absolute atomic E-state index is 12.4. The van der Waals surface area contributed by atoms with Gasteiger partial charge in [0, 0.05) is 31.3 Å². The number of aliphatic carboxylic acids is 3. The largest absolute Gasteiger partial charge is 0.481 e. The fourth-order valence-corrected chi connectivity index (χ4v) is 5.76. The Kier molecular flexibility index (Phi) is 14.7. The van der Waals surface area contributed by atoms with E-state index in [9.17, 15) is 29.1 Å². The maximum atomic E-state index is 12.4. The second-order valence-corrected chi connectivity index (χ2v) is 11.2. The summed E-state index contributed by atoms with van der Waals surface area (Å²) in [5, 5.41) is 50.0. The number of hydrogen-bond acceptors (Lipinski definition) is 7. The van der Waals surface area contributed by atoms with Crippen molar-refractivity contribution < 1.29 is 39.3 Å². The average molecular weight is 614 g/mol. The van der Waals surface area contributed by atoms with Crippen LogP contribution in [0.25, 0.3) is 0 Å². The van der Waals surface area contributed by atoms with E-state index in [2.05, 4.69) is 28.1 Å². The fourth-order valence-electron chi connectivity index (χ4n) is 5.76. The van der Waals surface area contributed by atoms with Crippen LogP contribution in [0.1, 0.15) is 70.6 Å². The Morgan fingerprint density at radius 3 is 2.27 bits per heavy atom. The van der Waals surface area contributed by atoms with Crippen LogP contribution in [0, 0.1) is 22.2 Å². The number of unbranched alkanes of at least 4 members (excludes halogenated alkanes) is 1. The van der Waals surface area contributed by atoms with Crippen LogP contribution in [0.4, 0.5) is 4.79 Å². The normalized spacial score (nSPS) is 23.3. The summed E-state index contributed by atoms with van der Waals surface area (Å²) >= 11 is 0. The first-order valence-electron chi connectivity index (χ1n) is 14.7. The van der Waals surface area contributed by atoms with Gasteiger partial charge in [0.05, 0.1) is 0 Å². The van der Waals surface area contributed by atoms with E-state index in [0.29, 0.717) is 31.0 Å². The van der Waals surface area contributed by atoms with E-state index in [4.69, 9.17) is 21.0 Å². The molecule has 0 bridgehead atoms. The lowest BCUT2D eigenvalue weighted by atomic mass is 9.69. The molecule has 0 aromatic heterocycles. The zero-order valence-electron chi connectivity index (χ0n) is 24.7. The molecular formula is C31H43N5O8. The molecule has 8 N–H and O–H groups in total. The number of carbonyl (C=O) groups excluding carboxylic acids is 2. The number of allylic oxidation sites excluding steroid dienone is 8. The lowest BCUT2D eigenvalue weighted by molar-refractivity contribution is -0.141. The van der Waals surface area contributed by atoms with E-state index in [1.807, 2.05) is 24.3 Å². The van der Waals surface area contributed by atoms with Gasteiger partial charge in [0.1, 0.15) is 12.1 Å². The third-order valence-electron chi connectivity index (χ3n) is 7.94. The Balaban J connectivity index is 1.85. The Labute approximate surface area is 256 Å². The molecule has 44 heavy (non-hydrogen) atoms. The molecule has 2 aliphatic rings. The summed E-state index contributed by atoms with van der Waals surface area (Å²) in [7, 11) is 0. The van der Waals surface area contributed by atoms with Crippen molar-refractivity contribution in [3.05, 3.63) is 48.1 Å². The van der Waals surface area contributed by atoms with Crippen LogP contribution in [0.2, 0.25) is 0 Å². The standard InChI is InChI=1S/C31H43N5O8/c32-16-6-4-8-21-18-22-9-2-1-3-10-23(33)20-31(22,19-21)15-5-7-17-34-26(37)13-11-24(28(40)41)35-30(44)36-25(29(42)43)12-14-27(38)39/h1-4,6,8,10,16,22,24-25,32-33H,5,7,9,11-15,17-20H2,(H,34,37)(H,38,39)(H,40,41)(H,42,43)(H2,35,36,44)/b2-1-,6-4-,10-3-,21-8+,32-16?,33-23?/t22-,24+,25+,31+/m1/s1. The van der Waals surface area contributed by atoms with Gasteiger partial charge >= 0.3 is 23.9 Å². The molecule has 1 saturated carbocycles. The van der Waals surface area contributed by atoms with Crippen LogP contribution in [0.5, 0.6) is 0 Å². The molecule has 4 atom stereocenters. The first kappa shape index (κ1) is 35.6. The van der Waals surface area contributed by atoms with Crippen LogP contribution < -0.4 is 16.0 Å². The van der Waals surface area contributed by atoms with Crippen molar-refractivity contribution in [2.24, 2.45) is 11.3 Å². The molecule has 0 spiro atoms. The van der Waals surface area contributed by atoms with Crippen molar-refractivity contribution in [2.75, 3.05) is 6.54 Å². The molecular weight excluding hydrogens is 570 g/mol. The number of nitrogens with one attached hydrogen (secondary N) is 5. The molecule has 13 nitrogen and oxygen atoms in total. The first-order chi connectivity index (χ1) is 21.0. The number of carboxylic acid groups (broad SMARTS) is 3. The van der Waals surface area contributed by atoms with Crippen LogP contribution in [-0.4, -0.2) is 75.7 Å². The van der Waals surface area contributed by atoms with E-state index < -0.39 is 42.4 Å². The van der Waals surface area contributed by atoms with E-state index >= 15 is 0 Å². The van der Waals surface area contributed by atoms with Gasteiger partial charge in [-0.05, 0) is 74.9 Å². The molecule has 0 heterocycles. The minimum absolute atomic E-state index is 0.0707. The van der Waals surface area contributed by atoms with Crippen LogP contribution in [-0.2, 0) is 19.2 Å². The Morgan fingerprint density at radius 1 is 0.955 bits per heavy atom. The molecule has 0 aromatic carbocycles. The van der Waals surface area contributed by atoms with Crippen molar-refractivity contribution in [2.45, 2.75) is 82.7 Å². The molecule has 2 aliphatic carbocycles. The van der Waals surface area contributed by atoms with Crippen LogP contribution in [0.3, 0.4) is 0 Å². The Bertz CT molecular complexity index is 1210. The van der Waals surface area contributed by atoms with E-state index in [1.54, 1.807) is 6.08 Å². The molecule has 0 saturated heterocycles. The van der Waals surface area contributed by atoms with Gasteiger partial charge in [0.2, 0.25) is 5.91 Å². The molecule has 0 unspecified atom stereocenters. The Morgan fingerprint density at radius 2 is 1.64 bits per heavy atom. The monoisotopic (exact) mass is 613 g/mol. The number of urea groups is 1. The highest BCUT2D eigenvalue weighted by Gasteiger charge is 2.44. The second-order valence-electron chi connectivity index (χ2n) is 11.2. The smallest absolute Gasteiger partial charge is 0.326 e. The molecule has 2 rings (SSSR count). The van der Waals surface area contributed by atoms with Gasteiger partial charge in [-0.2, -0.15) is 0 Å². The summed E-state index contributed by atoms with van der Waals surface area (Å²) < 4.78 is 0. The lowest BCUT2D eigenvalue weighted by Crippen LogP contribution is -2.51. The van der Waals surface area contributed by atoms with E-state index in [1.165, 1.54) is 11.8 Å². The van der Waals surface area contributed by atoms with Gasteiger partial charge in [-0.1, -0.05) is 42.4 Å². The summed E-state index contributed by atoms with van der Waals surface area (Å²) in [6.45, 7) is 0.386. The molecule has 13 heteroatoms. The average Bonchev–Trinajstić information content (AvgIpc) is 3.31. The molecule has 0 aromatic rings. The molecule has 1 fully saturated rings. The zero-order valence-corrected chi connectivity index (χ0v) is 24.7. The Hall–Kier alpha value is -4.55. The highest BCUT2D eigenvalue weighted by molar-refractivity contribution is 5.93. The van der Waals surface area contributed by atoms with Gasteiger partial charge in [-0.15, -0.1) is 0 Å². The number of carbonyl (C=O) groups is 5. The third-order valence-corrected chi connectivity index (χ3v) is 7.94. The van der Waals surface area contributed by atoms with Crippen LogP contribution in [0.15, 0.2) is 48.1 Å².